The van der Waals surface area contributed by atoms with Gasteiger partial charge >= 0.3 is 0 Å². The first-order valence-corrected chi connectivity index (χ1v) is 5.59. The van der Waals surface area contributed by atoms with Gasteiger partial charge in [-0.05, 0) is 19.7 Å². The average molecular weight is 219 g/mol. The molecule has 74 valence electrons. The number of thiophene rings is 1. The highest BCUT2D eigenvalue weighted by atomic mass is 35.5. The molecule has 1 unspecified atom stereocenters. The molecule has 1 rings (SSSR count). The second-order valence-electron chi connectivity index (χ2n) is 2.99. The van der Waals surface area contributed by atoms with Gasteiger partial charge in [-0.15, -0.1) is 11.3 Å². The molecular weight excluding hydrogens is 204 g/mol. The fourth-order valence-electron chi connectivity index (χ4n) is 1.24. The van der Waals surface area contributed by atoms with Gasteiger partial charge in [0.1, 0.15) is 0 Å². The molecule has 0 spiro atoms. The lowest BCUT2D eigenvalue weighted by molar-refractivity contribution is 0.267. The molecule has 0 aliphatic rings. The Balaban J connectivity index is 2.77. The third-order valence-electron chi connectivity index (χ3n) is 2.17. The van der Waals surface area contributed by atoms with Crippen molar-refractivity contribution in [1.29, 1.82) is 0 Å². The van der Waals surface area contributed by atoms with Crippen LogP contribution < -0.4 is 5.73 Å². The smallest absolute Gasteiger partial charge is 0.0562 e. The Kier molecular flexibility index (Phi) is 4.19. The fourth-order valence-corrected chi connectivity index (χ4v) is 2.50. The van der Waals surface area contributed by atoms with Crippen molar-refractivity contribution in [2.75, 3.05) is 20.1 Å². The van der Waals surface area contributed by atoms with E-state index in [2.05, 4.69) is 18.9 Å². The highest BCUT2D eigenvalue weighted by Crippen LogP contribution is 2.27. The van der Waals surface area contributed by atoms with Gasteiger partial charge in [0.15, 0.2) is 0 Å². The summed E-state index contributed by atoms with van der Waals surface area (Å²) in [5.41, 5.74) is 5.71. The highest BCUT2D eigenvalue weighted by molar-refractivity contribution is 7.10. The highest BCUT2D eigenvalue weighted by Gasteiger charge is 2.15. The molecule has 0 aromatic carbocycles. The lowest BCUT2D eigenvalue weighted by Gasteiger charge is -2.24. The second-order valence-corrected chi connectivity index (χ2v) is 4.37. The molecule has 1 aromatic heterocycles. The number of nitrogens with two attached hydrogens (primary N) is 1. The summed E-state index contributed by atoms with van der Waals surface area (Å²) in [4.78, 5) is 3.47. The molecule has 0 bridgehead atoms. The van der Waals surface area contributed by atoms with Gasteiger partial charge in [-0.25, -0.2) is 0 Å². The van der Waals surface area contributed by atoms with Crippen molar-refractivity contribution in [3.63, 3.8) is 0 Å². The zero-order chi connectivity index (χ0) is 9.84. The normalized spacial score (nSPS) is 13.6. The molecule has 0 aliphatic carbocycles. The Labute approximate surface area is 88.3 Å². The zero-order valence-electron chi connectivity index (χ0n) is 7.96. The van der Waals surface area contributed by atoms with Gasteiger partial charge in [0.25, 0.3) is 0 Å². The summed E-state index contributed by atoms with van der Waals surface area (Å²) < 4.78 is 0. The van der Waals surface area contributed by atoms with Crippen LogP contribution in [0.3, 0.4) is 0 Å². The van der Waals surface area contributed by atoms with Crippen LogP contribution in [0.5, 0.6) is 0 Å². The third-order valence-corrected chi connectivity index (χ3v) is 3.55. The van der Waals surface area contributed by atoms with E-state index < -0.39 is 0 Å². The molecule has 0 radical (unpaired) electrons. The lowest BCUT2D eigenvalue weighted by atomic mass is 10.2. The number of hydrogen-bond donors (Lipinski definition) is 1. The van der Waals surface area contributed by atoms with E-state index in [1.54, 1.807) is 11.3 Å². The van der Waals surface area contributed by atoms with Crippen LogP contribution in [-0.4, -0.2) is 25.0 Å². The monoisotopic (exact) mass is 218 g/mol. The Morgan fingerprint density at radius 1 is 1.69 bits per heavy atom. The molecule has 1 heterocycles. The zero-order valence-corrected chi connectivity index (χ0v) is 9.53. The Morgan fingerprint density at radius 2 is 2.38 bits per heavy atom. The van der Waals surface area contributed by atoms with Crippen LogP contribution >= 0.6 is 22.9 Å². The predicted octanol–water partition coefficient (Wildman–Crippen LogP) is 2.35. The molecule has 0 fully saturated rings. The van der Waals surface area contributed by atoms with Crippen LogP contribution in [-0.2, 0) is 0 Å². The van der Waals surface area contributed by atoms with E-state index in [1.165, 1.54) is 4.88 Å². The van der Waals surface area contributed by atoms with Crippen molar-refractivity contribution < 1.29 is 0 Å². The molecule has 0 saturated carbocycles. The molecule has 2 nitrogen and oxygen atoms in total. The van der Waals surface area contributed by atoms with Crippen molar-refractivity contribution in [3.05, 3.63) is 21.3 Å². The molecule has 2 N–H and O–H groups in total. The first kappa shape index (κ1) is 11.0. The van der Waals surface area contributed by atoms with Gasteiger partial charge in [0.05, 0.1) is 11.1 Å². The topological polar surface area (TPSA) is 29.3 Å². The van der Waals surface area contributed by atoms with E-state index in [1.807, 2.05) is 11.4 Å². The maximum absolute atomic E-state index is 5.86. The van der Waals surface area contributed by atoms with Crippen LogP contribution in [0.1, 0.15) is 17.8 Å². The minimum atomic E-state index is 0.308. The lowest BCUT2D eigenvalue weighted by Crippen LogP contribution is -2.29. The SMILES string of the molecule is CCN(C)C(CN)c1cc(Cl)cs1. The average Bonchev–Trinajstić information content (AvgIpc) is 2.53. The Hall–Kier alpha value is -0.0900. The summed E-state index contributed by atoms with van der Waals surface area (Å²) in [6, 6.07) is 2.30. The summed E-state index contributed by atoms with van der Waals surface area (Å²) in [6.07, 6.45) is 0. The molecular formula is C9H15ClN2S. The van der Waals surface area contributed by atoms with E-state index >= 15 is 0 Å². The van der Waals surface area contributed by atoms with Gasteiger partial charge in [-0.1, -0.05) is 18.5 Å². The van der Waals surface area contributed by atoms with E-state index in [4.69, 9.17) is 17.3 Å². The first-order valence-electron chi connectivity index (χ1n) is 4.33. The minimum Gasteiger partial charge on any atom is -0.329 e. The number of nitrogens with zero attached hydrogens (tertiary/aromatic N) is 1. The number of halogens is 1. The van der Waals surface area contributed by atoms with Crippen molar-refractivity contribution in [1.82, 2.24) is 4.90 Å². The number of hydrogen-bond acceptors (Lipinski definition) is 3. The maximum atomic E-state index is 5.86. The molecule has 1 aromatic rings. The number of likely N-dealkylation sites (N-methyl/N-ethyl adjacent to an activating group) is 1. The van der Waals surface area contributed by atoms with Gasteiger partial charge < -0.3 is 5.73 Å². The van der Waals surface area contributed by atoms with Crippen molar-refractivity contribution in [2.45, 2.75) is 13.0 Å². The van der Waals surface area contributed by atoms with E-state index in [-0.39, 0.29) is 0 Å². The fraction of sp³-hybridized carbons (Fsp3) is 0.556. The molecule has 4 heteroatoms. The third kappa shape index (κ3) is 2.68. The van der Waals surface area contributed by atoms with Crippen molar-refractivity contribution in [3.8, 4) is 0 Å². The van der Waals surface area contributed by atoms with E-state index in [0.717, 1.165) is 11.6 Å². The Bertz CT molecular complexity index is 262. The molecule has 0 saturated heterocycles. The summed E-state index contributed by atoms with van der Waals surface area (Å²) in [7, 11) is 2.07. The summed E-state index contributed by atoms with van der Waals surface area (Å²) in [6.45, 7) is 3.76. The van der Waals surface area contributed by atoms with Crippen molar-refractivity contribution >= 4 is 22.9 Å². The predicted molar refractivity (Wildman–Crippen MR) is 59.4 cm³/mol. The van der Waals surface area contributed by atoms with Gasteiger partial charge in [0.2, 0.25) is 0 Å². The van der Waals surface area contributed by atoms with E-state index in [0.29, 0.717) is 12.6 Å². The van der Waals surface area contributed by atoms with Crippen LogP contribution in [0.2, 0.25) is 5.02 Å². The van der Waals surface area contributed by atoms with Gasteiger partial charge in [0, 0.05) is 16.8 Å². The van der Waals surface area contributed by atoms with Crippen LogP contribution in [0.25, 0.3) is 0 Å². The summed E-state index contributed by atoms with van der Waals surface area (Å²) >= 11 is 7.53. The number of rotatable bonds is 4. The van der Waals surface area contributed by atoms with Crippen LogP contribution in [0, 0.1) is 0 Å². The maximum Gasteiger partial charge on any atom is 0.0562 e. The summed E-state index contributed by atoms with van der Waals surface area (Å²) in [5.74, 6) is 0. The molecule has 0 aliphatic heterocycles. The van der Waals surface area contributed by atoms with Crippen molar-refractivity contribution in [2.24, 2.45) is 5.73 Å². The summed E-state index contributed by atoms with van der Waals surface area (Å²) in [5, 5.41) is 2.76. The van der Waals surface area contributed by atoms with E-state index in [9.17, 15) is 0 Å². The second kappa shape index (κ2) is 4.96. The van der Waals surface area contributed by atoms with Crippen LogP contribution in [0.15, 0.2) is 11.4 Å². The first-order chi connectivity index (χ1) is 6.19. The van der Waals surface area contributed by atoms with Crippen LogP contribution in [0.4, 0.5) is 0 Å². The standard InChI is InChI=1S/C9H15ClN2S/c1-3-12(2)8(5-11)9-4-7(10)6-13-9/h4,6,8H,3,5,11H2,1-2H3. The molecule has 0 amide bonds. The quantitative estimate of drug-likeness (QED) is 0.841. The van der Waals surface area contributed by atoms with Gasteiger partial charge in [-0.2, -0.15) is 0 Å². The largest absolute Gasteiger partial charge is 0.329 e. The van der Waals surface area contributed by atoms with Gasteiger partial charge in [-0.3, -0.25) is 4.90 Å². The molecule has 13 heavy (non-hydrogen) atoms. The molecule has 1 atom stereocenters. The minimum absolute atomic E-state index is 0.308. The Morgan fingerprint density at radius 3 is 2.77 bits per heavy atom.